The number of nitrogens with zero attached hydrogens (tertiary/aromatic N) is 2. The number of hydrogen-bond donors (Lipinski definition) is 1. The highest BCUT2D eigenvalue weighted by Crippen LogP contribution is 2.19. The van der Waals surface area contributed by atoms with Gasteiger partial charge in [-0.05, 0) is 12.1 Å². The molecule has 5 heteroatoms. The van der Waals surface area contributed by atoms with Gasteiger partial charge in [0.05, 0.1) is 12.0 Å². The van der Waals surface area contributed by atoms with Crippen molar-refractivity contribution in [3.05, 3.63) is 42.2 Å². The number of nitrogen functional groups attached to an aromatic ring is 1. The predicted octanol–water partition coefficient (Wildman–Crippen LogP) is 2.09. The summed E-state index contributed by atoms with van der Waals surface area (Å²) in [6.07, 6.45) is 4.88. The topological polar surface area (TPSA) is 64.9 Å². The van der Waals surface area contributed by atoms with Gasteiger partial charge in [0.1, 0.15) is 17.9 Å². The monoisotopic (exact) mass is 221 g/mol. The molecule has 0 saturated heterocycles. The lowest BCUT2D eigenvalue weighted by molar-refractivity contribution is 0.530. The van der Waals surface area contributed by atoms with Gasteiger partial charge in [-0.25, -0.2) is 9.97 Å². The van der Waals surface area contributed by atoms with Crippen LogP contribution in [0.15, 0.2) is 35.3 Å². The van der Waals surface area contributed by atoms with Crippen LogP contribution in [0.3, 0.4) is 0 Å². The number of aromatic nitrogens is 2. The van der Waals surface area contributed by atoms with Crippen LogP contribution >= 0.6 is 11.8 Å². The molecule has 0 aliphatic carbocycles. The lowest BCUT2D eigenvalue weighted by Crippen LogP contribution is -1.96. The van der Waals surface area contributed by atoms with Gasteiger partial charge in [-0.15, -0.1) is 11.8 Å². The van der Waals surface area contributed by atoms with E-state index in [9.17, 15) is 0 Å². The molecule has 0 fully saturated rings. The van der Waals surface area contributed by atoms with Crippen molar-refractivity contribution in [2.24, 2.45) is 0 Å². The first kappa shape index (κ1) is 10.0. The molecule has 15 heavy (non-hydrogen) atoms. The first-order valence-corrected chi connectivity index (χ1v) is 5.66. The Morgan fingerprint density at radius 2 is 2.33 bits per heavy atom. The summed E-state index contributed by atoms with van der Waals surface area (Å²) >= 11 is 1.72. The second-order valence-electron chi connectivity index (χ2n) is 3.01. The van der Waals surface area contributed by atoms with Crippen molar-refractivity contribution in [2.75, 3.05) is 5.73 Å². The third kappa shape index (κ3) is 2.73. The SMILES string of the molecule is Nc1ncncc1CSCc1ccco1. The number of rotatable bonds is 4. The molecule has 4 nitrogen and oxygen atoms in total. The summed E-state index contributed by atoms with van der Waals surface area (Å²) < 4.78 is 5.22. The first-order valence-electron chi connectivity index (χ1n) is 4.51. The third-order valence-electron chi connectivity index (χ3n) is 1.90. The van der Waals surface area contributed by atoms with Crippen LogP contribution in [0.1, 0.15) is 11.3 Å². The molecule has 2 N–H and O–H groups in total. The van der Waals surface area contributed by atoms with Crippen LogP contribution in [0.2, 0.25) is 0 Å². The van der Waals surface area contributed by atoms with Gasteiger partial charge in [0.25, 0.3) is 0 Å². The van der Waals surface area contributed by atoms with E-state index in [-0.39, 0.29) is 0 Å². The molecule has 0 saturated carbocycles. The van der Waals surface area contributed by atoms with Gasteiger partial charge in [0.2, 0.25) is 0 Å². The Labute approximate surface area is 91.9 Å². The van der Waals surface area contributed by atoms with E-state index in [1.54, 1.807) is 24.2 Å². The fourth-order valence-corrected chi connectivity index (χ4v) is 2.05. The number of nitrogens with two attached hydrogens (primary N) is 1. The molecule has 2 aromatic rings. The lowest BCUT2D eigenvalue weighted by Gasteiger charge is -2.01. The van der Waals surface area contributed by atoms with Crippen LogP contribution in [0.25, 0.3) is 0 Å². The second kappa shape index (κ2) is 4.84. The smallest absolute Gasteiger partial charge is 0.130 e. The molecule has 2 heterocycles. The van der Waals surface area contributed by atoms with Crippen molar-refractivity contribution in [1.29, 1.82) is 0 Å². The van der Waals surface area contributed by atoms with Crippen LogP contribution in [-0.4, -0.2) is 9.97 Å². The minimum absolute atomic E-state index is 0.553. The Bertz CT molecular complexity index is 416. The molecule has 78 valence electrons. The fraction of sp³-hybridized carbons (Fsp3) is 0.200. The van der Waals surface area contributed by atoms with Crippen LogP contribution in [0.4, 0.5) is 5.82 Å². The van der Waals surface area contributed by atoms with Crippen molar-refractivity contribution in [2.45, 2.75) is 11.5 Å². The highest BCUT2D eigenvalue weighted by Gasteiger charge is 2.01. The fourth-order valence-electron chi connectivity index (χ4n) is 1.14. The molecule has 0 spiro atoms. The van der Waals surface area contributed by atoms with E-state index in [1.807, 2.05) is 12.1 Å². The third-order valence-corrected chi connectivity index (χ3v) is 2.91. The van der Waals surface area contributed by atoms with Gasteiger partial charge in [0.15, 0.2) is 0 Å². The summed E-state index contributed by atoms with van der Waals surface area (Å²) in [6, 6.07) is 3.84. The van der Waals surface area contributed by atoms with Gasteiger partial charge in [-0.2, -0.15) is 0 Å². The van der Waals surface area contributed by atoms with Crippen LogP contribution in [0.5, 0.6) is 0 Å². The largest absolute Gasteiger partial charge is 0.468 e. The van der Waals surface area contributed by atoms with E-state index in [2.05, 4.69) is 9.97 Å². The molecule has 0 radical (unpaired) electrons. The van der Waals surface area contributed by atoms with Gasteiger partial charge < -0.3 is 10.2 Å². The molecule has 0 amide bonds. The summed E-state index contributed by atoms with van der Waals surface area (Å²) in [7, 11) is 0. The number of hydrogen-bond acceptors (Lipinski definition) is 5. The summed E-state index contributed by atoms with van der Waals surface area (Å²) in [4.78, 5) is 7.86. The van der Waals surface area contributed by atoms with Crippen LogP contribution < -0.4 is 5.73 Å². The van der Waals surface area contributed by atoms with E-state index in [4.69, 9.17) is 10.2 Å². The van der Waals surface area contributed by atoms with E-state index >= 15 is 0 Å². The number of thioether (sulfide) groups is 1. The van der Waals surface area contributed by atoms with E-state index in [0.717, 1.165) is 22.8 Å². The van der Waals surface area contributed by atoms with Crippen LogP contribution in [0, 0.1) is 0 Å². The van der Waals surface area contributed by atoms with E-state index < -0.39 is 0 Å². The molecule has 0 atom stereocenters. The van der Waals surface area contributed by atoms with Gasteiger partial charge in [0, 0.05) is 17.5 Å². The van der Waals surface area contributed by atoms with Gasteiger partial charge >= 0.3 is 0 Å². The average molecular weight is 221 g/mol. The molecule has 2 rings (SSSR count). The van der Waals surface area contributed by atoms with Gasteiger partial charge in [-0.1, -0.05) is 0 Å². The Morgan fingerprint density at radius 1 is 1.40 bits per heavy atom. The molecule has 0 aliphatic heterocycles. The minimum atomic E-state index is 0.553. The predicted molar refractivity (Wildman–Crippen MR) is 60.2 cm³/mol. The molecular formula is C10H11N3OS. The number of furan rings is 1. The quantitative estimate of drug-likeness (QED) is 0.856. The summed E-state index contributed by atoms with van der Waals surface area (Å²) in [5.74, 6) is 3.15. The molecular weight excluding hydrogens is 210 g/mol. The van der Waals surface area contributed by atoms with Crippen molar-refractivity contribution in [3.63, 3.8) is 0 Å². The maximum Gasteiger partial charge on any atom is 0.130 e. The lowest BCUT2D eigenvalue weighted by atomic mass is 10.3. The molecule has 0 bridgehead atoms. The number of anilines is 1. The maximum atomic E-state index is 5.69. The summed E-state index contributed by atoms with van der Waals surface area (Å²) in [6.45, 7) is 0. The summed E-state index contributed by atoms with van der Waals surface area (Å²) in [5, 5.41) is 0. The average Bonchev–Trinajstić information content (AvgIpc) is 2.74. The zero-order valence-corrected chi connectivity index (χ0v) is 8.91. The van der Waals surface area contributed by atoms with E-state index in [1.165, 1.54) is 6.33 Å². The van der Waals surface area contributed by atoms with Crippen molar-refractivity contribution in [1.82, 2.24) is 9.97 Å². The first-order chi connectivity index (χ1) is 7.36. The standard InChI is InChI=1S/C10H11N3OS/c11-10-8(4-12-7-13-10)5-15-6-9-2-1-3-14-9/h1-4,7H,5-6H2,(H2,11,12,13). The molecule has 0 aromatic carbocycles. The zero-order valence-electron chi connectivity index (χ0n) is 8.09. The molecule has 0 unspecified atom stereocenters. The van der Waals surface area contributed by atoms with E-state index in [0.29, 0.717) is 5.82 Å². The zero-order chi connectivity index (χ0) is 10.5. The molecule has 2 aromatic heterocycles. The minimum Gasteiger partial charge on any atom is -0.468 e. The van der Waals surface area contributed by atoms with Crippen LogP contribution in [-0.2, 0) is 11.5 Å². The van der Waals surface area contributed by atoms with Gasteiger partial charge in [-0.3, -0.25) is 0 Å². The Morgan fingerprint density at radius 3 is 3.07 bits per heavy atom. The van der Waals surface area contributed by atoms with Crippen molar-refractivity contribution < 1.29 is 4.42 Å². The highest BCUT2D eigenvalue weighted by atomic mass is 32.2. The second-order valence-corrected chi connectivity index (χ2v) is 3.99. The molecule has 0 aliphatic rings. The Kier molecular flexibility index (Phi) is 3.24. The van der Waals surface area contributed by atoms with Crippen molar-refractivity contribution in [3.8, 4) is 0 Å². The Balaban J connectivity index is 1.86. The van der Waals surface area contributed by atoms with Crippen molar-refractivity contribution >= 4 is 17.6 Å². The maximum absolute atomic E-state index is 5.69. The Hall–Kier alpha value is -1.49. The highest BCUT2D eigenvalue weighted by molar-refractivity contribution is 7.97. The normalized spacial score (nSPS) is 10.4. The summed E-state index contributed by atoms with van der Waals surface area (Å²) in [5.41, 5.74) is 6.66.